The molecule has 4 amide bonds. The molecule has 2 heterocycles. The van der Waals surface area contributed by atoms with Gasteiger partial charge in [-0.15, -0.1) is 0 Å². The topological polar surface area (TPSA) is 155 Å². The van der Waals surface area contributed by atoms with Gasteiger partial charge in [0.1, 0.15) is 24.7 Å². The van der Waals surface area contributed by atoms with Crippen molar-refractivity contribution in [3.63, 3.8) is 0 Å². The van der Waals surface area contributed by atoms with Crippen LogP contribution in [0, 0.1) is 0 Å². The lowest BCUT2D eigenvalue weighted by molar-refractivity contribution is -0.150. The van der Waals surface area contributed by atoms with Crippen molar-refractivity contribution in [3.8, 4) is 0 Å². The van der Waals surface area contributed by atoms with E-state index in [9.17, 15) is 29.1 Å². The maximum absolute atomic E-state index is 13.6. The number of aliphatic hydroxyl groups excluding tert-OH is 1. The van der Waals surface area contributed by atoms with Crippen LogP contribution in [-0.2, 0) is 35.3 Å². The second-order valence-electron chi connectivity index (χ2n) is 9.80. The molecule has 1 aromatic rings. The number of carbonyl (C=O) groups excluding carboxylic acids is 5. The lowest BCUT2D eigenvalue weighted by Gasteiger charge is -2.33. The smallest absolute Gasteiger partial charge is 0.408 e. The molecule has 214 valence electrons. The molecule has 2 fully saturated rings. The normalized spacial score (nSPS) is 21.0. The van der Waals surface area contributed by atoms with Gasteiger partial charge in [-0.2, -0.15) is 0 Å². The molecule has 1 aromatic carbocycles. The number of carbonyl (C=O) groups is 5. The summed E-state index contributed by atoms with van der Waals surface area (Å²) in [5.74, 6) is -2.10. The summed E-state index contributed by atoms with van der Waals surface area (Å²) in [6, 6.07) is 5.42. The SMILES string of the molecule is CC[C@H](NC(=O)OCc1ccccc1)C(=O)N1CCC[C@H]1C(=O)N1CCC[C@H]1C(=O)N[C@H](C(=O)OC)[C@@H](C)O. The molecule has 12 nitrogen and oxygen atoms in total. The van der Waals surface area contributed by atoms with Crippen LogP contribution < -0.4 is 10.6 Å². The van der Waals surface area contributed by atoms with E-state index in [0.29, 0.717) is 45.2 Å². The highest BCUT2D eigenvalue weighted by Gasteiger charge is 2.44. The van der Waals surface area contributed by atoms with E-state index in [-0.39, 0.29) is 18.4 Å². The quantitative estimate of drug-likeness (QED) is 0.363. The number of nitrogens with zero attached hydrogens (tertiary/aromatic N) is 2. The van der Waals surface area contributed by atoms with E-state index in [4.69, 9.17) is 4.74 Å². The molecule has 0 radical (unpaired) electrons. The number of aliphatic hydroxyl groups is 1. The molecule has 0 saturated carbocycles. The van der Waals surface area contributed by atoms with E-state index in [2.05, 4.69) is 15.4 Å². The number of amides is 4. The molecule has 39 heavy (non-hydrogen) atoms. The van der Waals surface area contributed by atoms with Crippen LogP contribution in [0.5, 0.6) is 0 Å². The zero-order chi connectivity index (χ0) is 28.5. The Morgan fingerprint density at radius 3 is 2.26 bits per heavy atom. The molecule has 0 aromatic heterocycles. The molecule has 5 atom stereocenters. The van der Waals surface area contributed by atoms with Gasteiger partial charge in [-0.25, -0.2) is 9.59 Å². The Morgan fingerprint density at radius 2 is 1.64 bits per heavy atom. The first kappa shape index (κ1) is 29.9. The van der Waals surface area contributed by atoms with Crippen molar-refractivity contribution in [1.29, 1.82) is 0 Å². The van der Waals surface area contributed by atoms with Crippen LogP contribution in [0.15, 0.2) is 30.3 Å². The molecular formula is C27H38N4O8. The van der Waals surface area contributed by atoms with Crippen molar-refractivity contribution in [2.24, 2.45) is 0 Å². The number of hydrogen-bond acceptors (Lipinski definition) is 8. The van der Waals surface area contributed by atoms with Crippen LogP contribution in [0.25, 0.3) is 0 Å². The van der Waals surface area contributed by atoms with E-state index < -0.39 is 48.2 Å². The first-order chi connectivity index (χ1) is 18.7. The number of benzene rings is 1. The second-order valence-corrected chi connectivity index (χ2v) is 9.80. The van der Waals surface area contributed by atoms with Gasteiger partial charge in [-0.3, -0.25) is 14.4 Å². The fourth-order valence-electron chi connectivity index (χ4n) is 4.98. The van der Waals surface area contributed by atoms with Crippen molar-refractivity contribution in [3.05, 3.63) is 35.9 Å². The summed E-state index contributed by atoms with van der Waals surface area (Å²) in [5.41, 5.74) is 0.813. The molecule has 0 bridgehead atoms. The number of ether oxygens (including phenoxy) is 2. The maximum Gasteiger partial charge on any atom is 0.408 e. The van der Waals surface area contributed by atoms with E-state index >= 15 is 0 Å². The lowest BCUT2D eigenvalue weighted by Crippen LogP contribution is -2.58. The molecular weight excluding hydrogens is 508 g/mol. The highest BCUT2D eigenvalue weighted by Crippen LogP contribution is 2.26. The highest BCUT2D eigenvalue weighted by atomic mass is 16.5. The third-order valence-electron chi connectivity index (χ3n) is 7.11. The first-order valence-electron chi connectivity index (χ1n) is 13.3. The summed E-state index contributed by atoms with van der Waals surface area (Å²) in [6.07, 6.45) is 0.395. The summed E-state index contributed by atoms with van der Waals surface area (Å²) >= 11 is 0. The zero-order valence-corrected chi connectivity index (χ0v) is 22.6. The number of methoxy groups -OCH3 is 1. The van der Waals surface area contributed by atoms with E-state index in [0.717, 1.165) is 12.7 Å². The number of alkyl carbamates (subject to hydrolysis) is 1. The van der Waals surface area contributed by atoms with Crippen LogP contribution in [0.2, 0.25) is 0 Å². The van der Waals surface area contributed by atoms with Gasteiger partial charge in [0.05, 0.1) is 13.2 Å². The molecule has 0 aliphatic carbocycles. The number of esters is 1. The molecule has 2 saturated heterocycles. The lowest BCUT2D eigenvalue weighted by atomic mass is 10.1. The number of hydrogen-bond donors (Lipinski definition) is 3. The highest BCUT2D eigenvalue weighted by molar-refractivity contribution is 5.95. The van der Waals surface area contributed by atoms with Crippen LogP contribution in [0.1, 0.15) is 51.5 Å². The first-order valence-corrected chi connectivity index (χ1v) is 13.3. The third kappa shape index (κ3) is 7.47. The van der Waals surface area contributed by atoms with Gasteiger partial charge in [0.15, 0.2) is 6.04 Å². The molecule has 2 aliphatic rings. The summed E-state index contributed by atoms with van der Waals surface area (Å²) in [5, 5.41) is 15.0. The number of likely N-dealkylation sites (tertiary alicyclic amines) is 2. The Kier molecular flexibility index (Phi) is 10.7. The van der Waals surface area contributed by atoms with Gasteiger partial charge in [0.25, 0.3) is 0 Å². The zero-order valence-electron chi connectivity index (χ0n) is 22.6. The average molecular weight is 547 g/mol. The Hall–Kier alpha value is -3.67. The van der Waals surface area contributed by atoms with E-state index in [1.54, 1.807) is 6.92 Å². The second kappa shape index (κ2) is 13.9. The fourth-order valence-corrected chi connectivity index (χ4v) is 4.98. The van der Waals surface area contributed by atoms with E-state index in [1.165, 1.54) is 16.7 Å². The molecule has 2 aliphatic heterocycles. The van der Waals surface area contributed by atoms with Crippen molar-refractivity contribution in [1.82, 2.24) is 20.4 Å². The molecule has 0 unspecified atom stereocenters. The minimum Gasteiger partial charge on any atom is -0.467 e. The Morgan fingerprint density at radius 1 is 1.00 bits per heavy atom. The Bertz CT molecular complexity index is 1030. The van der Waals surface area contributed by atoms with Crippen molar-refractivity contribution in [2.45, 2.75) is 82.8 Å². The molecule has 3 rings (SSSR count). The predicted molar refractivity (Wildman–Crippen MR) is 139 cm³/mol. The van der Waals surface area contributed by atoms with Crippen molar-refractivity contribution in [2.75, 3.05) is 20.2 Å². The van der Waals surface area contributed by atoms with Crippen LogP contribution in [-0.4, -0.2) is 95.2 Å². The third-order valence-corrected chi connectivity index (χ3v) is 7.11. The van der Waals surface area contributed by atoms with Crippen molar-refractivity contribution >= 4 is 29.8 Å². The van der Waals surface area contributed by atoms with Crippen LogP contribution in [0.3, 0.4) is 0 Å². The fraction of sp³-hybridized carbons (Fsp3) is 0.593. The van der Waals surface area contributed by atoms with Crippen LogP contribution in [0.4, 0.5) is 4.79 Å². The van der Waals surface area contributed by atoms with Gasteiger partial charge in [-0.05, 0) is 44.6 Å². The molecule has 12 heteroatoms. The summed E-state index contributed by atoms with van der Waals surface area (Å²) in [4.78, 5) is 67.2. The van der Waals surface area contributed by atoms with E-state index in [1.807, 2.05) is 30.3 Å². The van der Waals surface area contributed by atoms with Crippen molar-refractivity contribution < 1.29 is 38.6 Å². The monoisotopic (exact) mass is 546 g/mol. The predicted octanol–water partition coefficient (Wildman–Crippen LogP) is 0.712. The Labute approximate surface area is 228 Å². The molecule has 3 N–H and O–H groups in total. The summed E-state index contributed by atoms with van der Waals surface area (Å²) in [6.45, 7) is 3.86. The Balaban J connectivity index is 1.63. The number of rotatable bonds is 10. The van der Waals surface area contributed by atoms with Gasteiger partial charge in [0.2, 0.25) is 17.7 Å². The standard InChI is InChI=1S/C27H38N4O8/c1-4-19(28-27(37)39-16-18-10-6-5-7-11-18)24(34)31-15-9-13-21(31)25(35)30-14-8-12-20(30)23(33)29-22(17(2)32)26(36)38-3/h5-7,10-11,17,19-22,32H,4,8-9,12-16H2,1-3H3,(H,28,37)(H,29,33)/t17-,19+,20+,21+,22+/m1/s1. The summed E-state index contributed by atoms with van der Waals surface area (Å²) in [7, 11) is 1.16. The summed E-state index contributed by atoms with van der Waals surface area (Å²) < 4.78 is 9.91. The van der Waals surface area contributed by atoms with Gasteiger partial charge < -0.3 is 35.0 Å². The minimum atomic E-state index is -1.26. The van der Waals surface area contributed by atoms with Gasteiger partial charge in [0, 0.05) is 13.1 Å². The minimum absolute atomic E-state index is 0.0619. The molecule has 0 spiro atoms. The van der Waals surface area contributed by atoms with Gasteiger partial charge in [-0.1, -0.05) is 37.3 Å². The number of nitrogens with one attached hydrogen (secondary N) is 2. The van der Waals surface area contributed by atoms with Gasteiger partial charge >= 0.3 is 12.1 Å². The van der Waals surface area contributed by atoms with Crippen LogP contribution >= 0.6 is 0 Å². The average Bonchev–Trinajstić information content (AvgIpc) is 3.63. The largest absolute Gasteiger partial charge is 0.467 e. The maximum atomic E-state index is 13.6.